The zero-order valence-electron chi connectivity index (χ0n) is 16.1. The molecule has 1 aromatic heterocycles. The zero-order chi connectivity index (χ0) is 19.8. The van der Waals surface area contributed by atoms with Crippen LogP contribution in [0.5, 0.6) is 0 Å². The monoisotopic (exact) mass is 441 g/mol. The van der Waals surface area contributed by atoms with E-state index in [9.17, 15) is 0 Å². The molecule has 3 aromatic carbocycles. The second-order valence-electron chi connectivity index (χ2n) is 7.82. The molecule has 3 nitrogen and oxygen atoms in total. The van der Waals surface area contributed by atoms with E-state index in [1.54, 1.807) is 0 Å². The smallest absolute Gasteiger partial charge is 0.164 e. The van der Waals surface area contributed by atoms with Gasteiger partial charge in [-0.25, -0.2) is 15.0 Å². The molecular formula is C25H20BrN3. The molecule has 0 atom stereocenters. The number of benzene rings is 3. The van der Waals surface area contributed by atoms with Crippen LogP contribution in [-0.2, 0) is 5.41 Å². The zero-order valence-corrected chi connectivity index (χ0v) is 17.7. The highest BCUT2D eigenvalue weighted by molar-refractivity contribution is 9.10. The number of rotatable bonds is 4. The molecule has 29 heavy (non-hydrogen) atoms. The van der Waals surface area contributed by atoms with E-state index in [1.165, 1.54) is 18.4 Å². The fraction of sp³-hybridized carbons (Fsp3) is 0.160. The Morgan fingerprint density at radius 3 is 1.83 bits per heavy atom. The highest BCUT2D eigenvalue weighted by Gasteiger charge is 2.39. The predicted molar refractivity (Wildman–Crippen MR) is 120 cm³/mol. The van der Waals surface area contributed by atoms with Crippen molar-refractivity contribution in [1.82, 2.24) is 15.0 Å². The molecule has 142 valence electrons. The Morgan fingerprint density at radius 1 is 0.655 bits per heavy atom. The van der Waals surface area contributed by atoms with Gasteiger partial charge < -0.3 is 0 Å². The van der Waals surface area contributed by atoms with Crippen LogP contribution >= 0.6 is 15.9 Å². The molecule has 1 fully saturated rings. The summed E-state index contributed by atoms with van der Waals surface area (Å²) in [6.07, 6.45) is 2.48. The molecule has 1 saturated carbocycles. The molecule has 1 aliphatic rings. The van der Waals surface area contributed by atoms with Gasteiger partial charge in [0.05, 0.1) is 0 Å². The average molecular weight is 442 g/mol. The van der Waals surface area contributed by atoms with Crippen molar-refractivity contribution in [3.8, 4) is 34.2 Å². The summed E-state index contributed by atoms with van der Waals surface area (Å²) in [6, 6.07) is 26.8. The first kappa shape index (κ1) is 18.2. The quantitative estimate of drug-likeness (QED) is 0.354. The van der Waals surface area contributed by atoms with Crippen molar-refractivity contribution >= 4 is 15.9 Å². The van der Waals surface area contributed by atoms with Gasteiger partial charge >= 0.3 is 0 Å². The van der Waals surface area contributed by atoms with Gasteiger partial charge in [-0.1, -0.05) is 83.5 Å². The van der Waals surface area contributed by atoms with Crippen molar-refractivity contribution in [2.24, 2.45) is 0 Å². The van der Waals surface area contributed by atoms with Gasteiger partial charge in [-0.15, -0.1) is 0 Å². The maximum absolute atomic E-state index is 4.84. The van der Waals surface area contributed by atoms with Gasteiger partial charge in [0.25, 0.3) is 0 Å². The lowest BCUT2D eigenvalue weighted by Crippen LogP contribution is -2.02. The van der Waals surface area contributed by atoms with Crippen molar-refractivity contribution < 1.29 is 0 Å². The van der Waals surface area contributed by atoms with Crippen molar-refractivity contribution in [3.05, 3.63) is 88.9 Å². The summed E-state index contributed by atoms with van der Waals surface area (Å²) in [4.78, 5) is 14.5. The molecule has 1 heterocycles. The Kier molecular flexibility index (Phi) is 4.51. The summed E-state index contributed by atoms with van der Waals surface area (Å²) in [7, 11) is 0. The number of halogens is 1. The Morgan fingerprint density at radius 2 is 1.21 bits per heavy atom. The van der Waals surface area contributed by atoms with Crippen LogP contribution in [0.15, 0.2) is 83.3 Å². The standard InChI is InChI=1S/C25H20BrN3/c1-25(13-14-25)20-11-5-9-18(15-20)23-27-22(17-7-3-2-4-8-17)28-24(29-23)19-10-6-12-21(26)16-19/h2-12,15-16H,13-14H2,1H3. The SMILES string of the molecule is CC1(c2cccc(-c3nc(-c4ccccc4)nc(-c4cccc(Br)c4)n3)c2)CC1. The molecule has 0 aliphatic heterocycles. The van der Waals surface area contributed by atoms with Gasteiger partial charge in [0.1, 0.15) is 0 Å². The first-order valence-corrected chi connectivity index (χ1v) is 10.6. The van der Waals surface area contributed by atoms with Crippen molar-refractivity contribution in [3.63, 3.8) is 0 Å². The van der Waals surface area contributed by atoms with Crippen LogP contribution in [0.1, 0.15) is 25.3 Å². The lowest BCUT2D eigenvalue weighted by molar-refractivity contribution is 0.788. The molecule has 0 N–H and O–H groups in total. The predicted octanol–water partition coefficient (Wildman–Crippen LogP) is 6.69. The Hall–Kier alpha value is -2.85. The number of hydrogen-bond donors (Lipinski definition) is 0. The first-order chi connectivity index (χ1) is 14.1. The molecule has 0 amide bonds. The van der Waals surface area contributed by atoms with Gasteiger partial charge in [0.15, 0.2) is 17.5 Å². The van der Waals surface area contributed by atoms with E-state index in [2.05, 4.69) is 47.1 Å². The lowest BCUT2D eigenvalue weighted by atomic mass is 9.96. The van der Waals surface area contributed by atoms with Crippen LogP contribution in [-0.4, -0.2) is 15.0 Å². The number of nitrogens with zero attached hydrogens (tertiary/aromatic N) is 3. The minimum atomic E-state index is 0.304. The summed E-state index contributed by atoms with van der Waals surface area (Å²) in [6.45, 7) is 2.32. The van der Waals surface area contributed by atoms with Gasteiger partial charge in [-0.05, 0) is 42.0 Å². The maximum atomic E-state index is 4.84. The van der Waals surface area contributed by atoms with Crippen LogP contribution in [0.25, 0.3) is 34.2 Å². The highest BCUT2D eigenvalue weighted by atomic mass is 79.9. The van der Waals surface area contributed by atoms with Gasteiger partial charge in [0.2, 0.25) is 0 Å². The largest absolute Gasteiger partial charge is 0.208 e. The molecule has 0 radical (unpaired) electrons. The molecule has 4 aromatic rings. The third-order valence-electron chi connectivity index (χ3n) is 5.57. The summed E-state index contributed by atoms with van der Waals surface area (Å²) >= 11 is 3.55. The van der Waals surface area contributed by atoms with E-state index in [0.29, 0.717) is 22.9 Å². The van der Waals surface area contributed by atoms with E-state index in [1.807, 2.05) is 54.6 Å². The number of aromatic nitrogens is 3. The van der Waals surface area contributed by atoms with Crippen molar-refractivity contribution in [2.75, 3.05) is 0 Å². The van der Waals surface area contributed by atoms with E-state index in [4.69, 9.17) is 15.0 Å². The lowest BCUT2D eigenvalue weighted by Gasteiger charge is -2.12. The van der Waals surface area contributed by atoms with Crippen LogP contribution in [0.2, 0.25) is 0 Å². The minimum Gasteiger partial charge on any atom is -0.208 e. The third-order valence-corrected chi connectivity index (χ3v) is 6.06. The van der Waals surface area contributed by atoms with Crippen molar-refractivity contribution in [2.45, 2.75) is 25.2 Å². The summed E-state index contributed by atoms with van der Waals surface area (Å²) < 4.78 is 1.00. The third kappa shape index (κ3) is 3.73. The molecule has 0 unspecified atom stereocenters. The van der Waals surface area contributed by atoms with Crippen LogP contribution in [0.4, 0.5) is 0 Å². The van der Waals surface area contributed by atoms with Gasteiger partial charge in [-0.2, -0.15) is 0 Å². The van der Waals surface area contributed by atoms with Crippen molar-refractivity contribution in [1.29, 1.82) is 0 Å². The second kappa shape index (κ2) is 7.20. The molecule has 0 bridgehead atoms. The summed E-state index contributed by atoms with van der Waals surface area (Å²) in [5.74, 6) is 2.08. The summed E-state index contributed by atoms with van der Waals surface area (Å²) in [5, 5.41) is 0. The van der Waals surface area contributed by atoms with Crippen LogP contribution < -0.4 is 0 Å². The van der Waals surface area contributed by atoms with E-state index in [0.717, 1.165) is 21.2 Å². The van der Waals surface area contributed by atoms with Gasteiger partial charge in [-0.3, -0.25) is 0 Å². The fourth-order valence-corrected chi connectivity index (χ4v) is 3.89. The maximum Gasteiger partial charge on any atom is 0.164 e. The molecule has 5 rings (SSSR count). The average Bonchev–Trinajstić information content (AvgIpc) is 3.53. The second-order valence-corrected chi connectivity index (χ2v) is 8.74. The topological polar surface area (TPSA) is 38.7 Å². The number of hydrogen-bond acceptors (Lipinski definition) is 3. The Bertz CT molecular complexity index is 1180. The fourth-order valence-electron chi connectivity index (χ4n) is 3.49. The summed E-state index contributed by atoms with van der Waals surface area (Å²) in [5.41, 5.74) is 4.65. The first-order valence-electron chi connectivity index (χ1n) is 9.79. The van der Waals surface area contributed by atoms with E-state index in [-0.39, 0.29) is 0 Å². The molecule has 1 aliphatic carbocycles. The molecule has 0 saturated heterocycles. The Labute approximate surface area is 179 Å². The molecule has 0 spiro atoms. The normalized spacial score (nSPS) is 14.6. The van der Waals surface area contributed by atoms with E-state index < -0.39 is 0 Å². The minimum absolute atomic E-state index is 0.304. The highest BCUT2D eigenvalue weighted by Crippen LogP contribution is 2.48. The van der Waals surface area contributed by atoms with Crippen LogP contribution in [0.3, 0.4) is 0 Å². The van der Waals surface area contributed by atoms with Crippen LogP contribution in [0, 0.1) is 0 Å². The van der Waals surface area contributed by atoms with Gasteiger partial charge in [0, 0.05) is 21.2 Å². The van der Waals surface area contributed by atoms with E-state index >= 15 is 0 Å². The molecule has 4 heteroatoms. The Balaban J connectivity index is 1.68. The molecular weight excluding hydrogens is 422 g/mol.